The van der Waals surface area contributed by atoms with Crippen LogP contribution in [0, 0.1) is 5.92 Å². The summed E-state index contributed by atoms with van der Waals surface area (Å²) in [6, 6.07) is 22.1. The Hall–Kier alpha value is -3.07. The number of fused-ring (bicyclic) bond motifs is 1. The molecule has 1 aliphatic heterocycles. The number of ether oxygens (including phenoxy) is 1. The third-order valence-corrected chi connectivity index (χ3v) is 6.06. The van der Waals surface area contributed by atoms with Crippen molar-refractivity contribution in [1.29, 1.82) is 0 Å². The maximum atomic E-state index is 11.6. The highest BCUT2D eigenvalue weighted by molar-refractivity contribution is 5.96. The zero-order chi connectivity index (χ0) is 22.0. The Balaban J connectivity index is 1.56. The van der Waals surface area contributed by atoms with Crippen molar-refractivity contribution in [2.75, 3.05) is 0 Å². The number of carbonyl (C=O) groups is 1. The zero-order valence-electron chi connectivity index (χ0n) is 18.5. The Morgan fingerprint density at radius 3 is 2.45 bits per heavy atom. The van der Waals surface area contributed by atoms with Gasteiger partial charge in [0.15, 0.2) is 0 Å². The van der Waals surface area contributed by atoms with Crippen molar-refractivity contribution >= 4 is 5.97 Å². The van der Waals surface area contributed by atoms with E-state index in [9.17, 15) is 9.90 Å². The lowest BCUT2D eigenvalue weighted by atomic mass is 9.86. The summed E-state index contributed by atoms with van der Waals surface area (Å²) in [5, 5.41) is 9.55. The van der Waals surface area contributed by atoms with Crippen molar-refractivity contribution in [1.82, 2.24) is 0 Å². The van der Waals surface area contributed by atoms with Gasteiger partial charge in [0.1, 0.15) is 11.4 Å². The van der Waals surface area contributed by atoms with Gasteiger partial charge >= 0.3 is 5.97 Å². The number of hydrogen-bond donors (Lipinski definition) is 1. The first-order valence-corrected chi connectivity index (χ1v) is 11.1. The molecule has 4 rings (SSSR count). The van der Waals surface area contributed by atoms with Crippen LogP contribution in [0.4, 0.5) is 0 Å². The molecule has 0 saturated carbocycles. The van der Waals surface area contributed by atoms with Crippen molar-refractivity contribution in [3.05, 3.63) is 89.0 Å². The Kier molecular flexibility index (Phi) is 5.86. The van der Waals surface area contributed by atoms with Crippen molar-refractivity contribution in [2.45, 2.75) is 52.1 Å². The molecular formula is C28H30O3. The van der Waals surface area contributed by atoms with Crippen LogP contribution in [0.2, 0.25) is 0 Å². The number of benzene rings is 3. The molecule has 160 valence electrons. The van der Waals surface area contributed by atoms with Crippen LogP contribution in [0.15, 0.2) is 66.7 Å². The number of aryl methyl sites for hydroxylation is 1. The quantitative estimate of drug-likeness (QED) is 0.496. The van der Waals surface area contributed by atoms with Crippen LogP contribution in [-0.4, -0.2) is 16.7 Å². The topological polar surface area (TPSA) is 46.5 Å². The molecule has 31 heavy (non-hydrogen) atoms. The number of rotatable bonds is 6. The third-order valence-electron chi connectivity index (χ3n) is 6.06. The van der Waals surface area contributed by atoms with Gasteiger partial charge in [0.2, 0.25) is 0 Å². The fourth-order valence-electron chi connectivity index (χ4n) is 4.48. The summed E-state index contributed by atoms with van der Waals surface area (Å²) in [4.78, 5) is 11.6. The molecule has 3 aromatic rings. The minimum Gasteiger partial charge on any atom is -0.487 e. The maximum Gasteiger partial charge on any atom is 0.336 e. The fraction of sp³-hybridized carbons (Fsp3) is 0.321. The van der Waals surface area contributed by atoms with E-state index in [0.717, 1.165) is 42.6 Å². The number of hydrogen-bond acceptors (Lipinski definition) is 2. The van der Waals surface area contributed by atoms with Crippen LogP contribution in [0.5, 0.6) is 5.75 Å². The Morgan fingerprint density at radius 1 is 1.03 bits per heavy atom. The second-order valence-corrected chi connectivity index (χ2v) is 9.32. The largest absolute Gasteiger partial charge is 0.487 e. The van der Waals surface area contributed by atoms with Crippen molar-refractivity contribution in [2.24, 2.45) is 5.92 Å². The predicted octanol–water partition coefficient (Wildman–Crippen LogP) is 6.58. The smallest absolute Gasteiger partial charge is 0.336 e. The summed E-state index contributed by atoms with van der Waals surface area (Å²) < 4.78 is 6.53. The van der Waals surface area contributed by atoms with Crippen molar-refractivity contribution in [3.63, 3.8) is 0 Å². The van der Waals surface area contributed by atoms with E-state index < -0.39 is 5.97 Å². The van der Waals surface area contributed by atoms with Gasteiger partial charge < -0.3 is 9.84 Å². The van der Waals surface area contributed by atoms with E-state index in [1.54, 1.807) is 12.1 Å². The molecule has 0 aliphatic carbocycles. The van der Waals surface area contributed by atoms with Gasteiger partial charge in [0.05, 0.1) is 5.56 Å². The molecule has 3 nitrogen and oxygen atoms in total. The lowest BCUT2D eigenvalue weighted by Gasteiger charge is -2.36. The molecule has 0 radical (unpaired) electrons. The Bertz CT molecular complexity index is 1080. The molecule has 0 bridgehead atoms. The van der Waals surface area contributed by atoms with Crippen LogP contribution < -0.4 is 4.74 Å². The van der Waals surface area contributed by atoms with Gasteiger partial charge in [-0.05, 0) is 72.1 Å². The van der Waals surface area contributed by atoms with E-state index >= 15 is 0 Å². The molecule has 0 amide bonds. The van der Waals surface area contributed by atoms with E-state index in [1.165, 1.54) is 16.7 Å². The van der Waals surface area contributed by atoms with Gasteiger partial charge in [-0.1, -0.05) is 68.4 Å². The monoisotopic (exact) mass is 414 g/mol. The van der Waals surface area contributed by atoms with Crippen LogP contribution in [0.3, 0.4) is 0 Å². The number of carboxylic acids is 1. The van der Waals surface area contributed by atoms with Crippen LogP contribution in [0.1, 0.15) is 54.2 Å². The highest BCUT2D eigenvalue weighted by atomic mass is 16.5. The normalized spacial score (nSPS) is 17.8. The molecular weight excluding hydrogens is 384 g/mol. The first-order valence-electron chi connectivity index (χ1n) is 11.1. The summed E-state index contributed by atoms with van der Waals surface area (Å²) in [6.07, 6.45) is 3.86. The first kappa shape index (κ1) is 21.2. The highest BCUT2D eigenvalue weighted by Gasteiger charge is 2.32. The maximum absolute atomic E-state index is 11.6. The molecule has 0 fully saturated rings. The summed E-state index contributed by atoms with van der Waals surface area (Å²) in [7, 11) is 0. The van der Waals surface area contributed by atoms with Gasteiger partial charge in [-0.3, -0.25) is 0 Å². The van der Waals surface area contributed by atoms with Gasteiger partial charge in [0, 0.05) is 6.42 Å². The van der Waals surface area contributed by atoms with Gasteiger partial charge in [-0.25, -0.2) is 4.79 Å². The predicted molar refractivity (Wildman–Crippen MR) is 125 cm³/mol. The molecule has 3 heteroatoms. The molecule has 3 aromatic carbocycles. The summed E-state index contributed by atoms with van der Waals surface area (Å²) in [6.45, 7) is 6.66. The fourth-order valence-corrected chi connectivity index (χ4v) is 4.48. The molecule has 0 aromatic heterocycles. The number of aromatic carboxylic acids is 1. The van der Waals surface area contributed by atoms with E-state index in [4.69, 9.17) is 4.74 Å². The summed E-state index contributed by atoms with van der Waals surface area (Å²) >= 11 is 0. The molecule has 1 atom stereocenters. The average Bonchev–Trinajstić information content (AvgIpc) is 2.74. The van der Waals surface area contributed by atoms with E-state index in [1.807, 2.05) is 24.3 Å². The minimum absolute atomic E-state index is 0.280. The van der Waals surface area contributed by atoms with E-state index in [0.29, 0.717) is 11.5 Å². The molecule has 1 N–H and O–H groups in total. The van der Waals surface area contributed by atoms with Gasteiger partial charge in [-0.2, -0.15) is 0 Å². The third kappa shape index (κ3) is 4.82. The lowest BCUT2D eigenvalue weighted by Crippen LogP contribution is -2.38. The second-order valence-electron chi connectivity index (χ2n) is 9.32. The molecule has 0 spiro atoms. The van der Waals surface area contributed by atoms with Gasteiger partial charge in [0.25, 0.3) is 0 Å². The van der Waals surface area contributed by atoms with Gasteiger partial charge in [-0.15, -0.1) is 0 Å². The molecule has 0 unspecified atom stereocenters. The lowest BCUT2D eigenvalue weighted by molar-refractivity contribution is 0.0653. The van der Waals surface area contributed by atoms with Crippen LogP contribution in [0.25, 0.3) is 11.1 Å². The van der Waals surface area contributed by atoms with E-state index in [2.05, 4.69) is 51.1 Å². The minimum atomic E-state index is -0.917. The molecule has 0 saturated heterocycles. The Labute approximate surface area is 184 Å². The van der Waals surface area contributed by atoms with Crippen LogP contribution >= 0.6 is 0 Å². The zero-order valence-corrected chi connectivity index (χ0v) is 18.5. The summed E-state index contributed by atoms with van der Waals surface area (Å²) in [5.41, 5.74) is 5.46. The molecule has 1 heterocycles. The van der Waals surface area contributed by atoms with Crippen molar-refractivity contribution in [3.8, 4) is 16.9 Å². The highest BCUT2D eigenvalue weighted by Crippen LogP contribution is 2.38. The second kappa shape index (κ2) is 8.58. The SMILES string of the molecule is CC(C)Cc1ccc(C[C@@]2(C)CCc3ccc(-c4ccccc4C(=O)O)cc3O2)cc1. The summed E-state index contributed by atoms with van der Waals surface area (Å²) in [5.74, 6) is 0.602. The number of carboxylic acid groups (broad SMARTS) is 1. The Morgan fingerprint density at radius 2 is 1.74 bits per heavy atom. The first-order chi connectivity index (χ1) is 14.8. The average molecular weight is 415 g/mol. The van der Waals surface area contributed by atoms with E-state index in [-0.39, 0.29) is 5.60 Å². The van der Waals surface area contributed by atoms with Crippen molar-refractivity contribution < 1.29 is 14.6 Å². The molecule has 1 aliphatic rings. The van der Waals surface area contributed by atoms with Crippen LogP contribution in [-0.2, 0) is 19.3 Å². The standard InChI is InChI=1S/C28H30O3/c1-19(2)16-20-8-10-21(11-9-20)18-28(3)15-14-22-12-13-23(17-26(22)31-28)24-6-4-5-7-25(24)27(29)30/h4-13,17,19H,14-16,18H2,1-3H3,(H,29,30)/t28-/m1/s1.